The first-order valence-corrected chi connectivity index (χ1v) is 8.40. The van der Waals surface area contributed by atoms with Crippen LogP contribution >= 0.6 is 0 Å². The number of piperidine rings is 1. The molecule has 4 nitrogen and oxygen atoms in total. The number of amides is 1. The van der Waals surface area contributed by atoms with Crippen molar-refractivity contribution in [3.8, 4) is 5.75 Å². The zero-order valence-corrected chi connectivity index (χ0v) is 13.3. The third kappa shape index (κ3) is 3.43. The van der Waals surface area contributed by atoms with Crippen LogP contribution in [0.25, 0.3) is 0 Å². The Balaban J connectivity index is 1.70. The molecule has 2 atom stereocenters. The summed E-state index contributed by atoms with van der Waals surface area (Å²) in [6, 6.07) is 7.89. The molecule has 4 heteroatoms. The van der Waals surface area contributed by atoms with Crippen LogP contribution < -0.4 is 4.74 Å². The van der Waals surface area contributed by atoms with Crippen molar-refractivity contribution in [1.82, 2.24) is 4.90 Å². The number of nitrogens with zero attached hydrogens (tertiary/aromatic N) is 1. The van der Waals surface area contributed by atoms with Gasteiger partial charge in [0, 0.05) is 19.2 Å². The highest BCUT2D eigenvalue weighted by molar-refractivity contribution is 5.97. The monoisotopic (exact) mass is 303 g/mol. The summed E-state index contributed by atoms with van der Waals surface area (Å²) in [6.07, 6.45) is 5.69. The standard InChI is InChI=1S/C18H25NO3/c1-14-7-4-5-11-19(14)18(20)16-9-2-3-10-17(16)22-13-15-8-6-12-21-15/h2-3,9-10,14-15H,4-8,11-13H2,1H3. The molecule has 3 rings (SSSR count). The van der Waals surface area contributed by atoms with Crippen LogP contribution in [-0.2, 0) is 4.74 Å². The second-order valence-electron chi connectivity index (χ2n) is 6.29. The molecule has 2 aliphatic rings. The Morgan fingerprint density at radius 2 is 2.14 bits per heavy atom. The molecule has 0 aromatic heterocycles. The molecule has 1 amide bonds. The zero-order chi connectivity index (χ0) is 15.4. The quantitative estimate of drug-likeness (QED) is 0.857. The Morgan fingerprint density at radius 3 is 2.91 bits per heavy atom. The van der Waals surface area contributed by atoms with Gasteiger partial charge in [0.25, 0.3) is 5.91 Å². The molecule has 2 saturated heterocycles. The second-order valence-corrected chi connectivity index (χ2v) is 6.29. The van der Waals surface area contributed by atoms with E-state index in [0.717, 1.165) is 38.8 Å². The van der Waals surface area contributed by atoms with Gasteiger partial charge in [0.05, 0.1) is 11.7 Å². The lowest BCUT2D eigenvalue weighted by Crippen LogP contribution is -2.42. The highest BCUT2D eigenvalue weighted by Gasteiger charge is 2.26. The summed E-state index contributed by atoms with van der Waals surface area (Å²) in [7, 11) is 0. The van der Waals surface area contributed by atoms with Crippen molar-refractivity contribution in [3.05, 3.63) is 29.8 Å². The van der Waals surface area contributed by atoms with E-state index in [1.54, 1.807) is 0 Å². The number of benzene rings is 1. The lowest BCUT2D eigenvalue weighted by Gasteiger charge is -2.33. The van der Waals surface area contributed by atoms with Crippen molar-refractivity contribution >= 4 is 5.91 Å². The first kappa shape index (κ1) is 15.3. The fourth-order valence-electron chi connectivity index (χ4n) is 3.28. The fourth-order valence-corrected chi connectivity index (χ4v) is 3.28. The van der Waals surface area contributed by atoms with Gasteiger partial charge < -0.3 is 14.4 Å². The van der Waals surface area contributed by atoms with Gasteiger partial charge in [-0.1, -0.05) is 12.1 Å². The number of ether oxygens (including phenoxy) is 2. The van der Waals surface area contributed by atoms with E-state index in [1.165, 1.54) is 6.42 Å². The molecule has 1 aromatic rings. The van der Waals surface area contributed by atoms with Crippen LogP contribution in [0.15, 0.2) is 24.3 Å². The lowest BCUT2D eigenvalue weighted by atomic mass is 10.0. The maximum atomic E-state index is 12.8. The summed E-state index contributed by atoms with van der Waals surface area (Å²) in [6.45, 7) is 4.33. The smallest absolute Gasteiger partial charge is 0.257 e. The van der Waals surface area contributed by atoms with Crippen LogP contribution in [0.2, 0.25) is 0 Å². The predicted octanol–water partition coefficient (Wildman–Crippen LogP) is 3.26. The fraction of sp³-hybridized carbons (Fsp3) is 0.611. The summed E-state index contributed by atoms with van der Waals surface area (Å²) < 4.78 is 11.5. The largest absolute Gasteiger partial charge is 0.490 e. The molecule has 0 N–H and O–H groups in total. The first-order valence-electron chi connectivity index (χ1n) is 8.40. The third-order valence-electron chi connectivity index (χ3n) is 4.63. The van der Waals surface area contributed by atoms with Crippen LogP contribution in [0.1, 0.15) is 49.4 Å². The molecule has 0 aliphatic carbocycles. The normalized spacial score (nSPS) is 25.2. The van der Waals surface area contributed by atoms with Crippen molar-refractivity contribution in [2.45, 2.75) is 51.2 Å². The van der Waals surface area contributed by atoms with Crippen molar-refractivity contribution in [3.63, 3.8) is 0 Å². The first-order chi connectivity index (χ1) is 10.8. The van der Waals surface area contributed by atoms with E-state index in [0.29, 0.717) is 24.0 Å². The van der Waals surface area contributed by atoms with Gasteiger partial charge in [-0.05, 0) is 51.2 Å². The highest BCUT2D eigenvalue weighted by atomic mass is 16.5. The van der Waals surface area contributed by atoms with Gasteiger partial charge in [0.2, 0.25) is 0 Å². The summed E-state index contributed by atoms with van der Waals surface area (Å²) >= 11 is 0. The summed E-state index contributed by atoms with van der Waals surface area (Å²) in [4.78, 5) is 14.8. The molecule has 0 spiro atoms. The Hall–Kier alpha value is -1.55. The number of hydrogen-bond donors (Lipinski definition) is 0. The highest BCUT2D eigenvalue weighted by Crippen LogP contribution is 2.25. The Morgan fingerprint density at radius 1 is 1.27 bits per heavy atom. The molecule has 0 bridgehead atoms. The topological polar surface area (TPSA) is 38.8 Å². The van der Waals surface area contributed by atoms with E-state index in [9.17, 15) is 4.79 Å². The van der Waals surface area contributed by atoms with Crippen molar-refractivity contribution in [2.75, 3.05) is 19.8 Å². The van der Waals surface area contributed by atoms with E-state index in [-0.39, 0.29) is 12.0 Å². The summed E-state index contributed by atoms with van der Waals surface area (Å²) in [5, 5.41) is 0. The number of carbonyl (C=O) groups excluding carboxylic acids is 1. The average Bonchev–Trinajstić information content (AvgIpc) is 3.06. The SMILES string of the molecule is CC1CCCCN1C(=O)c1ccccc1OCC1CCCO1. The lowest BCUT2D eigenvalue weighted by molar-refractivity contribution is 0.0596. The molecule has 2 unspecified atom stereocenters. The molecule has 1 aromatic carbocycles. The second kappa shape index (κ2) is 7.14. The number of likely N-dealkylation sites (tertiary alicyclic amines) is 1. The molecule has 2 fully saturated rings. The van der Waals surface area contributed by atoms with Gasteiger partial charge in [-0.2, -0.15) is 0 Å². The maximum Gasteiger partial charge on any atom is 0.257 e. The number of carbonyl (C=O) groups is 1. The van der Waals surface area contributed by atoms with Crippen molar-refractivity contribution in [2.24, 2.45) is 0 Å². The number of para-hydroxylation sites is 1. The van der Waals surface area contributed by atoms with Gasteiger partial charge in [-0.25, -0.2) is 0 Å². The van der Waals surface area contributed by atoms with Gasteiger partial charge in [0.1, 0.15) is 12.4 Å². The van der Waals surface area contributed by atoms with Gasteiger partial charge in [-0.15, -0.1) is 0 Å². The predicted molar refractivity (Wildman–Crippen MR) is 85.3 cm³/mol. The minimum atomic E-state index is 0.0927. The van der Waals surface area contributed by atoms with Crippen LogP contribution in [0.4, 0.5) is 0 Å². The summed E-state index contributed by atoms with van der Waals surface area (Å²) in [5.41, 5.74) is 0.675. The van der Waals surface area contributed by atoms with E-state index < -0.39 is 0 Å². The maximum absolute atomic E-state index is 12.8. The van der Waals surface area contributed by atoms with Crippen LogP contribution in [0, 0.1) is 0 Å². The van der Waals surface area contributed by atoms with Crippen LogP contribution in [0.3, 0.4) is 0 Å². The average molecular weight is 303 g/mol. The van der Waals surface area contributed by atoms with Crippen LogP contribution in [0.5, 0.6) is 5.75 Å². The molecular weight excluding hydrogens is 278 g/mol. The Kier molecular flexibility index (Phi) is 4.98. The van der Waals surface area contributed by atoms with Gasteiger partial charge >= 0.3 is 0 Å². The minimum absolute atomic E-state index is 0.0927. The number of hydrogen-bond acceptors (Lipinski definition) is 3. The molecule has 2 heterocycles. The summed E-state index contributed by atoms with van der Waals surface area (Å²) in [5.74, 6) is 0.774. The van der Waals surface area contributed by atoms with Gasteiger partial charge in [0.15, 0.2) is 0 Å². The molecule has 0 saturated carbocycles. The van der Waals surface area contributed by atoms with E-state index >= 15 is 0 Å². The Bertz CT molecular complexity index is 511. The van der Waals surface area contributed by atoms with Crippen molar-refractivity contribution in [1.29, 1.82) is 0 Å². The van der Waals surface area contributed by atoms with Crippen LogP contribution in [-0.4, -0.2) is 42.7 Å². The number of rotatable bonds is 4. The van der Waals surface area contributed by atoms with E-state index in [4.69, 9.17) is 9.47 Å². The molecule has 22 heavy (non-hydrogen) atoms. The zero-order valence-electron chi connectivity index (χ0n) is 13.3. The van der Waals surface area contributed by atoms with Gasteiger partial charge in [-0.3, -0.25) is 4.79 Å². The Labute approximate surface area is 132 Å². The third-order valence-corrected chi connectivity index (χ3v) is 4.63. The molecule has 120 valence electrons. The van der Waals surface area contributed by atoms with E-state index in [1.807, 2.05) is 29.2 Å². The molecular formula is C18H25NO3. The molecule has 2 aliphatic heterocycles. The van der Waals surface area contributed by atoms with Crippen molar-refractivity contribution < 1.29 is 14.3 Å². The van der Waals surface area contributed by atoms with E-state index in [2.05, 4.69) is 6.92 Å². The molecule has 0 radical (unpaired) electrons. The minimum Gasteiger partial charge on any atom is -0.490 e.